The molecule has 0 aliphatic carbocycles. The van der Waals surface area contributed by atoms with Gasteiger partial charge in [0.2, 0.25) is 5.91 Å². The molecule has 10 heteroatoms. The Hall–Kier alpha value is -3.24. The third-order valence-electron chi connectivity index (χ3n) is 3.64. The van der Waals surface area contributed by atoms with Gasteiger partial charge in [0.05, 0.1) is 21.8 Å². The Bertz CT molecular complexity index is 1140. The van der Waals surface area contributed by atoms with Crippen molar-refractivity contribution in [2.45, 2.75) is 11.8 Å². The van der Waals surface area contributed by atoms with Crippen molar-refractivity contribution in [2.75, 3.05) is 10.0 Å². The first-order valence-corrected chi connectivity index (χ1v) is 10.3. The van der Waals surface area contributed by atoms with Crippen molar-refractivity contribution in [2.24, 2.45) is 0 Å². The first kappa shape index (κ1) is 19.5. The number of carbonyl (C=O) groups is 2. The minimum Gasteiger partial charge on any atom is -0.478 e. The van der Waals surface area contributed by atoms with Crippen molar-refractivity contribution in [1.29, 1.82) is 0 Å². The Kier molecular flexibility index (Phi) is 5.43. The first-order valence-electron chi connectivity index (χ1n) is 7.95. The maximum Gasteiger partial charge on any atom is 0.337 e. The van der Waals surface area contributed by atoms with Gasteiger partial charge in [-0.05, 0) is 18.2 Å². The lowest BCUT2D eigenvalue weighted by Crippen LogP contribution is -2.15. The minimum absolute atomic E-state index is 0.0135. The minimum atomic E-state index is -4.06. The second-order valence-electron chi connectivity index (χ2n) is 5.70. The topological polar surface area (TPSA) is 125 Å². The Labute approximate surface area is 164 Å². The smallest absolute Gasteiger partial charge is 0.337 e. The van der Waals surface area contributed by atoms with Gasteiger partial charge in [-0.1, -0.05) is 30.3 Å². The summed E-state index contributed by atoms with van der Waals surface area (Å²) in [6, 6.07) is 12.7. The highest BCUT2D eigenvalue weighted by molar-refractivity contribution is 7.93. The molecule has 3 N–H and O–H groups in total. The van der Waals surface area contributed by atoms with Gasteiger partial charge >= 0.3 is 5.97 Å². The van der Waals surface area contributed by atoms with Gasteiger partial charge in [0.15, 0.2) is 5.13 Å². The van der Waals surface area contributed by atoms with E-state index in [0.29, 0.717) is 5.69 Å². The third-order valence-corrected chi connectivity index (χ3v) is 5.86. The van der Waals surface area contributed by atoms with Crippen molar-refractivity contribution in [3.05, 3.63) is 59.5 Å². The number of nitrogens with zero attached hydrogens (tertiary/aromatic N) is 1. The maximum absolute atomic E-state index is 12.6. The monoisotopic (exact) mass is 417 g/mol. The van der Waals surface area contributed by atoms with Crippen molar-refractivity contribution in [3.63, 3.8) is 0 Å². The van der Waals surface area contributed by atoms with Crippen molar-refractivity contribution < 1.29 is 23.1 Å². The summed E-state index contributed by atoms with van der Waals surface area (Å²) in [5, 5.41) is 13.5. The van der Waals surface area contributed by atoms with Gasteiger partial charge in [-0.25, -0.2) is 18.2 Å². The molecule has 144 valence electrons. The van der Waals surface area contributed by atoms with Crippen LogP contribution in [-0.4, -0.2) is 30.4 Å². The molecule has 0 aliphatic heterocycles. The summed E-state index contributed by atoms with van der Waals surface area (Å²) in [7, 11) is -4.06. The van der Waals surface area contributed by atoms with Crippen LogP contribution in [0.3, 0.4) is 0 Å². The summed E-state index contributed by atoms with van der Waals surface area (Å²) in [5.41, 5.74) is 1.15. The number of hydrogen-bond donors (Lipinski definition) is 3. The van der Waals surface area contributed by atoms with Crippen LogP contribution in [0, 0.1) is 0 Å². The van der Waals surface area contributed by atoms with Crippen molar-refractivity contribution >= 4 is 44.1 Å². The van der Waals surface area contributed by atoms with E-state index >= 15 is 0 Å². The number of anilines is 2. The van der Waals surface area contributed by atoms with Gasteiger partial charge in [0.25, 0.3) is 10.0 Å². The Morgan fingerprint density at radius 1 is 1.11 bits per heavy atom. The van der Waals surface area contributed by atoms with Crippen LogP contribution in [0.2, 0.25) is 0 Å². The molecule has 3 aromatic rings. The largest absolute Gasteiger partial charge is 0.478 e. The molecule has 28 heavy (non-hydrogen) atoms. The van der Waals surface area contributed by atoms with E-state index in [4.69, 9.17) is 0 Å². The summed E-state index contributed by atoms with van der Waals surface area (Å²) in [4.78, 5) is 26.6. The highest BCUT2D eigenvalue weighted by atomic mass is 32.2. The van der Waals surface area contributed by atoms with Gasteiger partial charge in [-0.2, -0.15) is 0 Å². The Balaban J connectivity index is 1.89. The summed E-state index contributed by atoms with van der Waals surface area (Å²) in [6.07, 6.45) is 0. The lowest BCUT2D eigenvalue weighted by molar-refractivity contribution is -0.114. The summed E-state index contributed by atoms with van der Waals surface area (Å²) >= 11 is 1.11. The number of carboxylic acids is 1. The normalized spacial score (nSPS) is 11.0. The number of nitrogens with one attached hydrogen (secondary N) is 2. The average molecular weight is 417 g/mol. The van der Waals surface area contributed by atoms with Gasteiger partial charge in [-0.3, -0.25) is 9.52 Å². The second kappa shape index (κ2) is 7.79. The molecule has 1 aromatic heterocycles. The summed E-state index contributed by atoms with van der Waals surface area (Å²) in [5.74, 6) is -1.83. The number of benzene rings is 2. The molecule has 0 bridgehead atoms. The molecule has 3 rings (SSSR count). The lowest BCUT2D eigenvalue weighted by Gasteiger charge is -2.10. The molecular weight excluding hydrogens is 402 g/mol. The molecule has 0 unspecified atom stereocenters. The molecule has 2 aromatic carbocycles. The van der Waals surface area contributed by atoms with E-state index in [1.807, 2.05) is 30.3 Å². The van der Waals surface area contributed by atoms with E-state index in [-0.39, 0.29) is 21.3 Å². The second-order valence-corrected chi connectivity index (χ2v) is 8.24. The molecule has 0 spiro atoms. The third kappa shape index (κ3) is 4.35. The molecule has 0 saturated carbocycles. The molecule has 0 fully saturated rings. The van der Waals surface area contributed by atoms with Crippen LogP contribution in [0.15, 0.2) is 58.8 Å². The molecule has 0 aliphatic rings. The number of thiazole rings is 1. The maximum atomic E-state index is 12.6. The van der Waals surface area contributed by atoms with Crippen LogP contribution in [-0.2, 0) is 14.8 Å². The van der Waals surface area contributed by atoms with E-state index in [0.717, 1.165) is 23.0 Å². The van der Waals surface area contributed by atoms with Crippen LogP contribution >= 0.6 is 11.3 Å². The first-order chi connectivity index (χ1) is 13.3. The number of carbonyl (C=O) groups excluding carboxylic acids is 1. The molecule has 1 amide bonds. The predicted molar refractivity (Wildman–Crippen MR) is 106 cm³/mol. The standard InChI is InChI=1S/C18H15N3O5S2/c1-11(22)19-15-8-7-13(9-14(15)17(23)24)28(25,26)21-18-20-16(10-27-18)12-5-3-2-4-6-12/h2-10H,1H3,(H,19,22)(H,20,21)(H,23,24). The number of aromatic nitrogens is 1. The highest BCUT2D eigenvalue weighted by Crippen LogP contribution is 2.27. The van der Waals surface area contributed by atoms with Crippen molar-refractivity contribution in [3.8, 4) is 11.3 Å². The number of sulfonamides is 1. The molecular formula is C18H15N3O5S2. The van der Waals surface area contributed by atoms with Crippen LogP contribution < -0.4 is 10.0 Å². The predicted octanol–water partition coefficient (Wildman–Crippen LogP) is 3.27. The Morgan fingerprint density at radius 3 is 2.46 bits per heavy atom. The molecule has 0 saturated heterocycles. The van der Waals surface area contributed by atoms with Crippen LogP contribution in [0.1, 0.15) is 17.3 Å². The van der Waals surface area contributed by atoms with Gasteiger partial charge in [0.1, 0.15) is 0 Å². The number of hydrogen-bond acceptors (Lipinski definition) is 6. The zero-order valence-electron chi connectivity index (χ0n) is 14.5. The Morgan fingerprint density at radius 2 is 1.82 bits per heavy atom. The SMILES string of the molecule is CC(=O)Nc1ccc(S(=O)(=O)Nc2nc(-c3ccccc3)cs2)cc1C(=O)O. The van der Waals surface area contributed by atoms with E-state index < -0.39 is 21.9 Å². The van der Waals surface area contributed by atoms with E-state index in [9.17, 15) is 23.1 Å². The van der Waals surface area contributed by atoms with Crippen molar-refractivity contribution in [1.82, 2.24) is 4.98 Å². The van der Waals surface area contributed by atoms with E-state index in [1.54, 1.807) is 5.38 Å². The van der Waals surface area contributed by atoms with Crippen LogP contribution in [0.25, 0.3) is 11.3 Å². The van der Waals surface area contributed by atoms with Gasteiger partial charge in [0, 0.05) is 17.9 Å². The van der Waals surface area contributed by atoms with Crippen LogP contribution in [0.5, 0.6) is 0 Å². The fourth-order valence-corrected chi connectivity index (χ4v) is 4.40. The van der Waals surface area contributed by atoms with Gasteiger partial charge < -0.3 is 10.4 Å². The fraction of sp³-hybridized carbons (Fsp3) is 0.0556. The average Bonchev–Trinajstić information content (AvgIpc) is 3.09. The summed E-state index contributed by atoms with van der Waals surface area (Å²) < 4.78 is 27.6. The number of amides is 1. The van der Waals surface area contributed by atoms with Crippen LogP contribution in [0.4, 0.5) is 10.8 Å². The van der Waals surface area contributed by atoms with Gasteiger partial charge in [-0.15, -0.1) is 11.3 Å². The summed E-state index contributed by atoms with van der Waals surface area (Å²) in [6.45, 7) is 1.23. The number of aromatic carboxylic acids is 1. The molecule has 1 heterocycles. The van der Waals surface area contributed by atoms with E-state index in [2.05, 4.69) is 15.0 Å². The molecule has 0 radical (unpaired) electrons. The zero-order chi connectivity index (χ0) is 20.3. The molecule has 8 nitrogen and oxygen atoms in total. The quantitative estimate of drug-likeness (QED) is 0.565. The highest BCUT2D eigenvalue weighted by Gasteiger charge is 2.21. The lowest BCUT2D eigenvalue weighted by atomic mass is 10.2. The number of rotatable bonds is 6. The number of carboxylic acid groups (broad SMARTS) is 1. The van der Waals surface area contributed by atoms with E-state index in [1.165, 1.54) is 19.1 Å². The molecule has 0 atom stereocenters. The zero-order valence-corrected chi connectivity index (χ0v) is 16.2. The fourth-order valence-electron chi connectivity index (χ4n) is 2.40.